The second-order valence-corrected chi connectivity index (χ2v) is 7.68. The van der Waals surface area contributed by atoms with Crippen LogP contribution in [0.5, 0.6) is 0 Å². The second kappa shape index (κ2) is 7.91. The number of carbonyl (C=O) groups is 2. The van der Waals surface area contributed by atoms with Crippen LogP contribution < -0.4 is 5.32 Å². The Balaban J connectivity index is 1.88. The summed E-state index contributed by atoms with van der Waals surface area (Å²) in [4.78, 5) is 24.7. The summed E-state index contributed by atoms with van der Waals surface area (Å²) >= 11 is 6.11. The molecule has 2 aromatic rings. The van der Waals surface area contributed by atoms with Crippen LogP contribution in [0.1, 0.15) is 55.1 Å². The topological polar surface area (TPSA) is 92.4 Å². The number of hydrogen-bond acceptors (Lipinski definition) is 4. The van der Waals surface area contributed by atoms with Crippen molar-refractivity contribution in [2.45, 2.75) is 52.0 Å². The largest absolute Gasteiger partial charge is 0.481 e. The van der Waals surface area contributed by atoms with E-state index in [-0.39, 0.29) is 28.0 Å². The zero-order valence-corrected chi connectivity index (χ0v) is 16.5. The van der Waals surface area contributed by atoms with Gasteiger partial charge in [0.2, 0.25) is 0 Å². The Labute approximate surface area is 167 Å². The maximum Gasteiger partial charge on any atom is 0.309 e. The molecule has 2 N–H and O–H groups in total. The second-order valence-electron chi connectivity index (χ2n) is 7.27. The van der Waals surface area contributed by atoms with Crippen molar-refractivity contribution < 1.29 is 23.6 Å². The van der Waals surface area contributed by atoms with E-state index in [2.05, 4.69) is 10.5 Å². The number of aliphatic carboxylic acids is 1. The standard InChI is InChI=1S/C20H22ClFN2O4/c1-3-20(19(26)27)9-5-6-12(10-20)23-18(25)15-11(2)24-28-17(15)16-13(21)7-4-8-14(16)22/h4,7-8,12H,3,5-6,9-10H2,1-2H3,(H,23,25)(H,26,27)/t12-,20+/m0/s1. The molecule has 8 heteroatoms. The van der Waals surface area contributed by atoms with Crippen LogP contribution in [-0.2, 0) is 4.79 Å². The molecule has 3 rings (SSSR count). The fourth-order valence-electron chi connectivity index (χ4n) is 3.93. The van der Waals surface area contributed by atoms with Crippen LogP contribution in [0.3, 0.4) is 0 Å². The number of halogens is 2. The first-order valence-electron chi connectivity index (χ1n) is 9.24. The summed E-state index contributed by atoms with van der Waals surface area (Å²) in [6.45, 7) is 3.44. The highest BCUT2D eigenvalue weighted by Crippen LogP contribution is 2.40. The van der Waals surface area contributed by atoms with Gasteiger partial charge in [-0.25, -0.2) is 4.39 Å². The highest BCUT2D eigenvalue weighted by Gasteiger charge is 2.42. The molecule has 1 aliphatic carbocycles. The number of carboxylic acid groups (broad SMARTS) is 1. The lowest BCUT2D eigenvalue weighted by Gasteiger charge is -2.37. The van der Waals surface area contributed by atoms with Gasteiger partial charge in [0, 0.05) is 6.04 Å². The molecule has 1 aromatic carbocycles. The molecule has 0 aliphatic heterocycles. The normalized spacial score (nSPS) is 22.1. The number of hydrogen-bond donors (Lipinski definition) is 2. The fourth-order valence-corrected chi connectivity index (χ4v) is 4.18. The third kappa shape index (κ3) is 3.63. The molecule has 1 amide bonds. The Kier molecular flexibility index (Phi) is 5.74. The van der Waals surface area contributed by atoms with E-state index in [4.69, 9.17) is 16.1 Å². The van der Waals surface area contributed by atoms with E-state index in [1.54, 1.807) is 6.92 Å². The van der Waals surface area contributed by atoms with Crippen LogP contribution in [-0.4, -0.2) is 28.2 Å². The van der Waals surface area contributed by atoms with E-state index < -0.39 is 23.1 Å². The quantitative estimate of drug-likeness (QED) is 0.754. The predicted molar refractivity (Wildman–Crippen MR) is 102 cm³/mol. The molecule has 0 unspecified atom stereocenters. The molecule has 0 bridgehead atoms. The van der Waals surface area contributed by atoms with Gasteiger partial charge in [-0.3, -0.25) is 9.59 Å². The lowest BCUT2D eigenvalue weighted by molar-refractivity contribution is -0.151. The van der Waals surface area contributed by atoms with Crippen LogP contribution in [0.25, 0.3) is 11.3 Å². The summed E-state index contributed by atoms with van der Waals surface area (Å²) < 4.78 is 19.5. The summed E-state index contributed by atoms with van der Waals surface area (Å²) in [6, 6.07) is 3.89. The first kappa shape index (κ1) is 20.3. The summed E-state index contributed by atoms with van der Waals surface area (Å²) in [5, 5.41) is 16.4. The van der Waals surface area contributed by atoms with E-state index in [0.29, 0.717) is 37.8 Å². The zero-order chi connectivity index (χ0) is 20.5. The van der Waals surface area contributed by atoms with E-state index >= 15 is 0 Å². The molecule has 0 saturated heterocycles. The van der Waals surface area contributed by atoms with Crippen molar-refractivity contribution in [3.8, 4) is 11.3 Å². The third-order valence-corrected chi connectivity index (χ3v) is 5.91. The van der Waals surface area contributed by atoms with E-state index in [1.807, 2.05) is 6.92 Å². The number of aryl methyl sites for hydroxylation is 1. The maximum absolute atomic E-state index is 14.3. The van der Waals surface area contributed by atoms with Crippen LogP contribution >= 0.6 is 11.6 Å². The van der Waals surface area contributed by atoms with Crippen molar-refractivity contribution in [1.82, 2.24) is 10.5 Å². The minimum absolute atomic E-state index is 0.0213. The Hall–Kier alpha value is -2.41. The number of amides is 1. The molecule has 2 atom stereocenters. The SMILES string of the molecule is CC[C@@]1(C(=O)O)CCC[C@H](NC(=O)c2c(C)noc2-c2c(F)cccc2Cl)C1. The Morgan fingerprint density at radius 3 is 2.86 bits per heavy atom. The molecule has 1 aromatic heterocycles. The summed E-state index contributed by atoms with van der Waals surface area (Å²) in [7, 11) is 0. The Morgan fingerprint density at radius 2 is 2.21 bits per heavy atom. The molecule has 28 heavy (non-hydrogen) atoms. The highest BCUT2D eigenvalue weighted by atomic mass is 35.5. The maximum atomic E-state index is 14.3. The van der Waals surface area contributed by atoms with Crippen molar-refractivity contribution in [1.29, 1.82) is 0 Å². The number of aromatic nitrogens is 1. The number of carbonyl (C=O) groups excluding carboxylic acids is 1. The molecule has 1 heterocycles. The molecule has 0 spiro atoms. The van der Waals surface area contributed by atoms with Crippen molar-refractivity contribution in [2.75, 3.05) is 0 Å². The molecule has 6 nitrogen and oxygen atoms in total. The zero-order valence-electron chi connectivity index (χ0n) is 15.7. The number of rotatable bonds is 5. The van der Waals surface area contributed by atoms with Crippen molar-refractivity contribution >= 4 is 23.5 Å². The van der Waals surface area contributed by atoms with Crippen molar-refractivity contribution in [3.63, 3.8) is 0 Å². The summed E-state index contributed by atoms with van der Waals surface area (Å²) in [5.41, 5.74) is -0.443. The minimum Gasteiger partial charge on any atom is -0.481 e. The van der Waals surface area contributed by atoms with Crippen molar-refractivity contribution in [2.24, 2.45) is 5.41 Å². The number of benzene rings is 1. The molecule has 1 aliphatic rings. The van der Waals surface area contributed by atoms with Gasteiger partial charge in [-0.2, -0.15) is 0 Å². The van der Waals surface area contributed by atoms with Gasteiger partial charge >= 0.3 is 5.97 Å². The molecule has 1 saturated carbocycles. The van der Waals surface area contributed by atoms with Crippen LogP contribution in [0.4, 0.5) is 4.39 Å². The summed E-state index contributed by atoms with van der Waals surface area (Å²) in [6.07, 6.45) is 2.83. The fraction of sp³-hybridized carbons (Fsp3) is 0.450. The number of nitrogens with zero attached hydrogens (tertiary/aromatic N) is 1. The average Bonchev–Trinajstić information content (AvgIpc) is 3.02. The average molecular weight is 409 g/mol. The first-order chi connectivity index (χ1) is 13.3. The van der Waals surface area contributed by atoms with Crippen LogP contribution in [0, 0.1) is 18.2 Å². The minimum atomic E-state index is -0.839. The molecular weight excluding hydrogens is 387 g/mol. The lowest BCUT2D eigenvalue weighted by atomic mass is 9.70. The Bertz CT molecular complexity index is 893. The van der Waals surface area contributed by atoms with Gasteiger partial charge in [0.05, 0.1) is 21.7 Å². The lowest BCUT2D eigenvalue weighted by Crippen LogP contribution is -2.45. The van der Waals surface area contributed by atoms with Gasteiger partial charge in [-0.15, -0.1) is 0 Å². The molecular formula is C20H22ClFN2O4. The third-order valence-electron chi connectivity index (χ3n) is 5.59. The first-order valence-corrected chi connectivity index (χ1v) is 9.62. The van der Waals surface area contributed by atoms with Gasteiger partial charge in [0.25, 0.3) is 5.91 Å². The number of nitrogens with one attached hydrogen (secondary N) is 1. The van der Waals surface area contributed by atoms with Crippen molar-refractivity contribution in [3.05, 3.63) is 40.3 Å². The smallest absolute Gasteiger partial charge is 0.309 e. The molecule has 1 fully saturated rings. The van der Waals surface area contributed by atoms with E-state index in [0.717, 1.165) is 0 Å². The summed E-state index contributed by atoms with van der Waals surface area (Å²) in [5.74, 6) is -1.97. The van der Waals surface area contributed by atoms with Gasteiger partial charge in [-0.1, -0.05) is 36.2 Å². The van der Waals surface area contributed by atoms with E-state index in [9.17, 15) is 19.1 Å². The number of carboxylic acids is 1. The highest BCUT2D eigenvalue weighted by molar-refractivity contribution is 6.33. The van der Waals surface area contributed by atoms with Crippen LogP contribution in [0.2, 0.25) is 5.02 Å². The molecule has 150 valence electrons. The van der Waals surface area contributed by atoms with Gasteiger partial charge in [0.1, 0.15) is 11.4 Å². The molecule has 0 radical (unpaired) electrons. The van der Waals surface area contributed by atoms with Gasteiger partial charge in [0.15, 0.2) is 5.76 Å². The van der Waals surface area contributed by atoms with Gasteiger partial charge in [-0.05, 0) is 44.7 Å². The van der Waals surface area contributed by atoms with Crippen LogP contribution in [0.15, 0.2) is 22.7 Å². The van der Waals surface area contributed by atoms with Gasteiger partial charge < -0.3 is 14.9 Å². The van der Waals surface area contributed by atoms with E-state index in [1.165, 1.54) is 18.2 Å². The predicted octanol–water partition coefficient (Wildman–Crippen LogP) is 4.60. The Morgan fingerprint density at radius 1 is 1.46 bits per heavy atom. The monoisotopic (exact) mass is 408 g/mol.